The van der Waals surface area contributed by atoms with Gasteiger partial charge in [0.25, 0.3) is 0 Å². The Morgan fingerprint density at radius 2 is 1.71 bits per heavy atom. The van der Waals surface area contributed by atoms with E-state index in [9.17, 15) is 41.3 Å². The Bertz CT molecular complexity index is 598. The normalized spacial score (nSPS) is 12.1. The summed E-state index contributed by atoms with van der Waals surface area (Å²) in [6.45, 7) is 0. The van der Waals surface area contributed by atoms with Gasteiger partial charge in [-0.15, -0.1) is 0 Å². The second kappa shape index (κ2) is 5.50. The molecule has 0 bridgehead atoms. The summed E-state index contributed by atoms with van der Waals surface area (Å²) in [5.74, 6) is -2.62. The number of anilines is 1. The number of nitrogens with zero attached hydrogens (tertiary/aromatic N) is 1. The molecule has 0 saturated heterocycles. The number of nitrogens with one attached hydrogen (secondary N) is 1. The minimum Gasteiger partial charge on any atom is -0.312 e. The standard InChI is InChI=1S/C9H3BrF6N2O3/c10-3-1-2-4(17-7(19)9(14,15)16)6(18(20)21)5(3)8(11,12)13/h1-2H,(H,17,19). The second-order valence-electron chi connectivity index (χ2n) is 3.53. The van der Waals surface area contributed by atoms with Crippen molar-refractivity contribution in [3.63, 3.8) is 0 Å². The van der Waals surface area contributed by atoms with Crippen LogP contribution in [0.4, 0.5) is 37.7 Å². The largest absolute Gasteiger partial charge is 0.471 e. The molecule has 0 aromatic heterocycles. The molecule has 12 heteroatoms. The van der Waals surface area contributed by atoms with E-state index in [0.29, 0.717) is 12.1 Å². The first-order valence-electron chi connectivity index (χ1n) is 4.78. The zero-order chi connectivity index (χ0) is 16.6. The van der Waals surface area contributed by atoms with Crippen molar-refractivity contribution < 1.29 is 36.1 Å². The average Bonchev–Trinajstić information content (AvgIpc) is 2.27. The van der Waals surface area contributed by atoms with Gasteiger partial charge in [0.1, 0.15) is 11.3 Å². The summed E-state index contributed by atoms with van der Waals surface area (Å²) in [4.78, 5) is 19.9. The van der Waals surface area contributed by atoms with E-state index in [1.54, 1.807) is 0 Å². The highest BCUT2D eigenvalue weighted by Crippen LogP contribution is 2.44. The molecule has 0 heterocycles. The lowest BCUT2D eigenvalue weighted by molar-refractivity contribution is -0.387. The number of hydrogen-bond acceptors (Lipinski definition) is 3. The van der Waals surface area contributed by atoms with Gasteiger partial charge in [0.15, 0.2) is 0 Å². The highest BCUT2D eigenvalue weighted by Gasteiger charge is 2.44. The van der Waals surface area contributed by atoms with Crippen molar-refractivity contribution in [2.75, 3.05) is 5.32 Å². The van der Waals surface area contributed by atoms with Crippen molar-refractivity contribution in [1.82, 2.24) is 0 Å². The van der Waals surface area contributed by atoms with Crippen LogP contribution in [0, 0.1) is 10.1 Å². The Hall–Kier alpha value is -1.85. The third-order valence-electron chi connectivity index (χ3n) is 2.10. The number of nitro groups is 1. The van der Waals surface area contributed by atoms with Gasteiger partial charge < -0.3 is 5.32 Å². The first-order valence-corrected chi connectivity index (χ1v) is 5.57. The number of amides is 1. The van der Waals surface area contributed by atoms with Crippen molar-refractivity contribution in [2.24, 2.45) is 0 Å². The van der Waals surface area contributed by atoms with Crippen molar-refractivity contribution in [3.8, 4) is 0 Å². The summed E-state index contributed by atoms with van der Waals surface area (Å²) in [6, 6.07) is 1.20. The predicted molar refractivity (Wildman–Crippen MR) is 60.5 cm³/mol. The number of hydrogen-bond donors (Lipinski definition) is 1. The third kappa shape index (κ3) is 3.83. The Morgan fingerprint density at radius 3 is 2.10 bits per heavy atom. The van der Waals surface area contributed by atoms with Crippen LogP contribution in [0.3, 0.4) is 0 Å². The number of rotatable bonds is 2. The van der Waals surface area contributed by atoms with E-state index in [4.69, 9.17) is 0 Å². The fraction of sp³-hybridized carbons (Fsp3) is 0.222. The molecule has 0 radical (unpaired) electrons. The van der Waals surface area contributed by atoms with E-state index in [-0.39, 0.29) is 0 Å². The Labute approximate surface area is 120 Å². The molecule has 0 atom stereocenters. The first kappa shape index (κ1) is 17.2. The zero-order valence-electron chi connectivity index (χ0n) is 9.47. The van der Waals surface area contributed by atoms with Crippen molar-refractivity contribution in [1.29, 1.82) is 0 Å². The van der Waals surface area contributed by atoms with Crippen molar-refractivity contribution in [2.45, 2.75) is 12.4 Å². The molecule has 1 aromatic carbocycles. The molecule has 0 saturated carbocycles. The SMILES string of the molecule is O=C(Nc1ccc(Br)c(C(F)(F)F)c1[N+](=O)[O-])C(F)(F)F. The first-order chi connectivity index (χ1) is 9.35. The number of alkyl halides is 6. The highest BCUT2D eigenvalue weighted by atomic mass is 79.9. The zero-order valence-corrected chi connectivity index (χ0v) is 11.1. The molecule has 1 aromatic rings. The molecule has 0 unspecified atom stereocenters. The van der Waals surface area contributed by atoms with Crippen LogP contribution in [-0.4, -0.2) is 17.0 Å². The summed E-state index contributed by atoms with van der Waals surface area (Å²) < 4.78 is 73.7. The number of carbonyl (C=O) groups is 1. The topological polar surface area (TPSA) is 72.2 Å². The van der Waals surface area contributed by atoms with E-state index >= 15 is 0 Å². The lowest BCUT2D eigenvalue weighted by Crippen LogP contribution is -2.30. The van der Waals surface area contributed by atoms with Crippen molar-refractivity contribution in [3.05, 3.63) is 32.3 Å². The molecular weight excluding hydrogens is 378 g/mol. The monoisotopic (exact) mass is 380 g/mol. The van der Waals surface area contributed by atoms with Crippen LogP contribution in [0.15, 0.2) is 16.6 Å². The van der Waals surface area contributed by atoms with Crippen LogP contribution >= 0.6 is 15.9 Å². The summed E-state index contributed by atoms with van der Waals surface area (Å²) >= 11 is 2.43. The molecule has 0 aliphatic heterocycles. The van der Waals surface area contributed by atoms with Gasteiger partial charge in [0.05, 0.1) is 4.92 Å². The molecule has 0 spiro atoms. The molecule has 0 fully saturated rings. The third-order valence-corrected chi connectivity index (χ3v) is 2.76. The number of carbonyl (C=O) groups excluding carboxylic acids is 1. The van der Waals surface area contributed by atoms with E-state index in [1.165, 1.54) is 0 Å². The van der Waals surface area contributed by atoms with Gasteiger partial charge in [0.2, 0.25) is 0 Å². The van der Waals surface area contributed by atoms with E-state index in [0.717, 1.165) is 5.32 Å². The Kier molecular flexibility index (Phi) is 4.51. The van der Waals surface area contributed by atoms with Crippen LogP contribution in [0.25, 0.3) is 0 Å². The Morgan fingerprint density at radius 1 is 1.19 bits per heavy atom. The molecule has 1 amide bonds. The number of nitro benzene ring substituents is 1. The maximum Gasteiger partial charge on any atom is 0.471 e. The van der Waals surface area contributed by atoms with Crippen LogP contribution in [-0.2, 0) is 11.0 Å². The molecule has 5 nitrogen and oxygen atoms in total. The second-order valence-corrected chi connectivity index (χ2v) is 4.38. The van der Waals surface area contributed by atoms with Gasteiger partial charge in [-0.1, -0.05) is 0 Å². The van der Waals surface area contributed by atoms with Crippen LogP contribution in [0.1, 0.15) is 5.56 Å². The molecule has 116 valence electrons. The van der Waals surface area contributed by atoms with Gasteiger partial charge in [-0.25, -0.2) is 0 Å². The van der Waals surface area contributed by atoms with Crippen molar-refractivity contribution >= 4 is 33.2 Å². The van der Waals surface area contributed by atoms with Crippen LogP contribution in [0.2, 0.25) is 0 Å². The van der Waals surface area contributed by atoms with Gasteiger partial charge in [0, 0.05) is 4.47 Å². The molecule has 21 heavy (non-hydrogen) atoms. The van der Waals surface area contributed by atoms with Crippen LogP contribution < -0.4 is 5.32 Å². The van der Waals surface area contributed by atoms with E-state index in [1.807, 2.05) is 0 Å². The number of benzene rings is 1. The lowest BCUT2D eigenvalue weighted by Gasteiger charge is -2.14. The average molecular weight is 381 g/mol. The smallest absolute Gasteiger partial charge is 0.312 e. The summed E-state index contributed by atoms with van der Waals surface area (Å²) in [7, 11) is 0. The van der Waals surface area contributed by atoms with E-state index in [2.05, 4.69) is 15.9 Å². The fourth-order valence-electron chi connectivity index (χ4n) is 1.32. The fourth-order valence-corrected chi connectivity index (χ4v) is 1.86. The Balaban J connectivity index is 3.49. The maximum absolute atomic E-state index is 12.8. The summed E-state index contributed by atoms with van der Waals surface area (Å²) in [5, 5.41) is 11.8. The predicted octanol–water partition coefficient (Wildman–Crippen LogP) is 3.88. The van der Waals surface area contributed by atoms with Gasteiger partial charge in [-0.2, -0.15) is 26.3 Å². The minimum atomic E-state index is -5.40. The maximum atomic E-state index is 12.8. The molecule has 0 aliphatic carbocycles. The quantitative estimate of drug-likeness (QED) is 0.480. The molecule has 0 aliphatic rings. The van der Waals surface area contributed by atoms with Gasteiger partial charge in [-0.3, -0.25) is 14.9 Å². The van der Waals surface area contributed by atoms with E-state index < -0.39 is 44.6 Å². The van der Waals surface area contributed by atoms with Crippen LogP contribution in [0.5, 0.6) is 0 Å². The summed E-state index contributed by atoms with van der Waals surface area (Å²) in [5.41, 5.74) is -4.69. The number of halogens is 7. The van der Waals surface area contributed by atoms with Gasteiger partial charge in [-0.05, 0) is 28.1 Å². The molecule has 1 rings (SSSR count). The van der Waals surface area contributed by atoms with Gasteiger partial charge >= 0.3 is 23.9 Å². The molecular formula is C9H3BrF6N2O3. The molecule has 1 N–H and O–H groups in total. The minimum absolute atomic E-state index is 0.557. The lowest BCUT2D eigenvalue weighted by atomic mass is 10.1. The highest BCUT2D eigenvalue weighted by molar-refractivity contribution is 9.10. The summed E-state index contributed by atoms with van der Waals surface area (Å²) in [6.07, 6.45) is -10.6.